The molecule has 0 fully saturated rings. The molecule has 0 radical (unpaired) electrons. The minimum Gasteiger partial charge on any atom is -0.598 e. The van der Waals surface area contributed by atoms with Crippen LogP contribution in [0.2, 0.25) is 0 Å². The van der Waals surface area contributed by atoms with E-state index in [0.717, 1.165) is 0 Å². The molecule has 0 aromatic rings. The van der Waals surface area contributed by atoms with Crippen LogP contribution in [-0.2, 0) is 16.1 Å². The predicted molar refractivity (Wildman–Crippen MR) is 91.7 cm³/mol. The highest BCUT2D eigenvalue weighted by Gasteiger charge is 2.29. The van der Waals surface area contributed by atoms with Crippen LogP contribution in [0.1, 0.15) is 61.8 Å². The maximum Gasteiger partial charge on any atom is 0.407 e. The van der Waals surface area contributed by atoms with Crippen LogP contribution in [0.25, 0.3) is 0 Å². The largest absolute Gasteiger partial charge is 0.598 e. The van der Waals surface area contributed by atoms with Crippen molar-refractivity contribution < 1.29 is 14.1 Å². The molecule has 0 aliphatic carbocycles. The normalized spacial score (nSPS) is 16.0. The van der Waals surface area contributed by atoms with Gasteiger partial charge in [0.05, 0.1) is 0 Å². The molecule has 0 saturated carbocycles. The maximum absolute atomic E-state index is 12.2. The second-order valence-electron chi connectivity index (χ2n) is 7.23. The van der Waals surface area contributed by atoms with E-state index < -0.39 is 23.1 Å². The number of rotatable bonds is 5. The molecule has 0 rings (SSSR count). The third kappa shape index (κ3) is 9.93. The summed E-state index contributed by atoms with van der Waals surface area (Å²) in [6.45, 7) is 14.7. The first-order valence-corrected chi connectivity index (χ1v) is 8.60. The van der Waals surface area contributed by atoms with Crippen molar-refractivity contribution in [2.75, 3.05) is 0 Å². The van der Waals surface area contributed by atoms with Gasteiger partial charge in [-0.05, 0) is 61.8 Å². The van der Waals surface area contributed by atoms with Crippen molar-refractivity contribution in [3.8, 4) is 11.8 Å². The Labute approximate surface area is 138 Å². The summed E-state index contributed by atoms with van der Waals surface area (Å²) in [4.78, 5) is 11.7. The summed E-state index contributed by atoms with van der Waals surface area (Å²) < 4.78 is 20.0. The summed E-state index contributed by atoms with van der Waals surface area (Å²) in [6, 6.07) is -0.403. The lowest BCUT2D eigenvalue weighted by atomic mass is 10.1. The Morgan fingerprint density at radius 1 is 1.27 bits per heavy atom. The smallest absolute Gasteiger partial charge is 0.407 e. The monoisotopic (exact) mass is 330 g/mol. The van der Waals surface area contributed by atoms with Crippen molar-refractivity contribution in [1.29, 1.82) is 0 Å². The Kier molecular flexibility index (Phi) is 8.30. The summed E-state index contributed by atoms with van der Waals surface area (Å²) in [6.07, 6.45) is 0.0854. The van der Waals surface area contributed by atoms with E-state index in [9.17, 15) is 9.35 Å². The Hall–Kier alpha value is -0.900. The molecule has 0 aliphatic rings. The van der Waals surface area contributed by atoms with E-state index in [1.165, 1.54) is 0 Å². The van der Waals surface area contributed by atoms with Crippen LogP contribution in [-0.4, -0.2) is 33.1 Å². The van der Waals surface area contributed by atoms with Gasteiger partial charge in [0.1, 0.15) is 16.4 Å². The molecule has 0 aromatic carbocycles. The van der Waals surface area contributed by atoms with Gasteiger partial charge in [-0.15, -0.1) is 10.6 Å². The topological polar surface area (TPSA) is 73.4 Å². The van der Waals surface area contributed by atoms with E-state index in [4.69, 9.17) is 4.74 Å². The second-order valence-corrected chi connectivity index (χ2v) is 9.23. The van der Waals surface area contributed by atoms with E-state index in [1.807, 2.05) is 48.5 Å². The molecular weight excluding hydrogens is 300 g/mol. The molecule has 1 amide bonds. The van der Waals surface area contributed by atoms with Crippen molar-refractivity contribution in [2.24, 2.45) is 0 Å². The number of amides is 1. The van der Waals surface area contributed by atoms with Gasteiger partial charge in [-0.1, -0.05) is 5.92 Å². The lowest BCUT2D eigenvalue weighted by Gasteiger charge is -2.27. The molecule has 0 aromatic heterocycles. The lowest BCUT2D eigenvalue weighted by molar-refractivity contribution is 0.0506. The zero-order chi connectivity index (χ0) is 17.6. The van der Waals surface area contributed by atoms with Crippen molar-refractivity contribution in [3.05, 3.63) is 0 Å². The number of nitrogens with one attached hydrogen (secondary N) is 2. The van der Waals surface area contributed by atoms with Crippen molar-refractivity contribution in [1.82, 2.24) is 10.0 Å². The molecule has 0 heterocycles. The van der Waals surface area contributed by atoms with Gasteiger partial charge in [-0.3, -0.25) is 0 Å². The zero-order valence-electron chi connectivity index (χ0n) is 15.0. The molecule has 0 saturated heterocycles. The van der Waals surface area contributed by atoms with Gasteiger partial charge in [0, 0.05) is 17.4 Å². The quantitative estimate of drug-likeness (QED) is 0.600. The van der Waals surface area contributed by atoms with E-state index >= 15 is 0 Å². The summed E-state index contributed by atoms with van der Waals surface area (Å²) in [5.74, 6) is 5.82. The molecule has 0 bridgehead atoms. The molecule has 6 heteroatoms. The Morgan fingerprint density at radius 2 is 1.82 bits per heavy atom. The first kappa shape index (κ1) is 21.1. The highest BCUT2D eigenvalue weighted by atomic mass is 32.2. The predicted octanol–water partition coefficient (Wildman–Crippen LogP) is 2.73. The Morgan fingerprint density at radius 3 is 2.23 bits per heavy atom. The van der Waals surface area contributed by atoms with Crippen molar-refractivity contribution in [3.63, 3.8) is 0 Å². The molecule has 22 heavy (non-hydrogen) atoms. The minimum absolute atomic E-state index is 0.148. The highest BCUT2D eigenvalue weighted by Crippen LogP contribution is 2.15. The summed E-state index contributed by atoms with van der Waals surface area (Å²) in [7, 11) is 0. The molecule has 128 valence electrons. The maximum atomic E-state index is 12.2. The Bertz CT molecular complexity index is 416. The van der Waals surface area contributed by atoms with Crippen molar-refractivity contribution >= 4 is 17.5 Å². The van der Waals surface area contributed by atoms with Gasteiger partial charge in [0.2, 0.25) is 0 Å². The molecule has 0 aliphatic heterocycles. The van der Waals surface area contributed by atoms with E-state index in [2.05, 4.69) is 21.9 Å². The number of hydrogen-bond acceptors (Lipinski definition) is 4. The van der Waals surface area contributed by atoms with Crippen LogP contribution in [0.5, 0.6) is 0 Å². The third-order valence-corrected chi connectivity index (χ3v) is 4.09. The van der Waals surface area contributed by atoms with Gasteiger partial charge >= 0.3 is 6.09 Å². The lowest BCUT2D eigenvalue weighted by Crippen LogP contribution is -2.47. The number of hydrogen-bond donors (Lipinski definition) is 2. The van der Waals surface area contributed by atoms with Crippen LogP contribution in [0.4, 0.5) is 4.79 Å². The average Bonchev–Trinajstić information content (AvgIpc) is 2.24. The summed E-state index contributed by atoms with van der Waals surface area (Å²) in [5, 5.41) is 2.77. The minimum atomic E-state index is -1.21. The number of carbonyl (C=O) groups excluding carboxylic acids is 1. The first-order chi connectivity index (χ1) is 9.85. The fourth-order valence-corrected chi connectivity index (χ4v) is 2.31. The number of alkyl carbamates (subject to hydrolysis) is 1. The van der Waals surface area contributed by atoms with E-state index in [1.54, 1.807) is 6.92 Å². The molecular formula is C16H30N2O3S. The standard InChI is InChI=1S/C16H30N2O3S/c1-9-10-13(18-22(20)16(6,7)8)11-12(2)17-14(19)21-15(3,4)5/h12-13,18H,11H2,1-8H3,(H,17,19)/t12-,13?,22?/m1/s1. The van der Waals surface area contributed by atoms with Gasteiger partial charge in [-0.25, -0.2) is 4.79 Å². The molecule has 2 unspecified atom stereocenters. The van der Waals surface area contributed by atoms with Gasteiger partial charge < -0.3 is 14.6 Å². The van der Waals surface area contributed by atoms with Crippen molar-refractivity contribution in [2.45, 2.75) is 84.2 Å². The molecule has 5 nitrogen and oxygen atoms in total. The zero-order valence-corrected chi connectivity index (χ0v) is 15.8. The first-order valence-electron chi connectivity index (χ1n) is 7.45. The Balaban J connectivity index is 4.56. The van der Waals surface area contributed by atoms with E-state index in [0.29, 0.717) is 6.42 Å². The molecule has 0 spiro atoms. The fourth-order valence-electron chi connectivity index (χ4n) is 1.54. The SMILES string of the molecule is CC#CC(C[C@@H](C)NC(=O)OC(C)(C)C)N[S+]([O-])C(C)(C)C. The summed E-state index contributed by atoms with van der Waals surface area (Å²) in [5.41, 5.74) is -0.529. The van der Waals surface area contributed by atoms with Crippen LogP contribution in [0.3, 0.4) is 0 Å². The average molecular weight is 330 g/mol. The van der Waals surface area contributed by atoms with Crippen LogP contribution < -0.4 is 10.0 Å². The second kappa shape index (κ2) is 8.66. The fraction of sp³-hybridized carbons (Fsp3) is 0.812. The third-order valence-electron chi connectivity index (χ3n) is 2.48. The number of carbonyl (C=O) groups is 1. The molecule has 3 atom stereocenters. The highest BCUT2D eigenvalue weighted by molar-refractivity contribution is 7.90. The molecule has 2 N–H and O–H groups in total. The number of ether oxygens (including phenoxy) is 1. The van der Waals surface area contributed by atoms with Crippen LogP contribution in [0, 0.1) is 11.8 Å². The van der Waals surface area contributed by atoms with Gasteiger partial charge in [0.15, 0.2) is 0 Å². The van der Waals surface area contributed by atoms with Crippen LogP contribution >= 0.6 is 0 Å². The van der Waals surface area contributed by atoms with Crippen LogP contribution in [0.15, 0.2) is 0 Å². The van der Waals surface area contributed by atoms with Gasteiger partial charge in [-0.2, -0.15) is 0 Å². The van der Waals surface area contributed by atoms with Gasteiger partial charge in [0.25, 0.3) is 0 Å². The van der Waals surface area contributed by atoms with E-state index in [-0.39, 0.29) is 16.8 Å². The summed E-state index contributed by atoms with van der Waals surface area (Å²) >= 11 is -1.21.